The maximum atomic E-state index is 10.8. The van der Waals surface area contributed by atoms with E-state index in [1.54, 1.807) is 0 Å². The molecular weight excluding hydrogens is 241 g/mol. The average Bonchev–Trinajstić information content (AvgIpc) is 2.15. The Balaban J connectivity index is 3.00. The van der Waals surface area contributed by atoms with Gasteiger partial charge >= 0.3 is 7.60 Å². The zero-order valence-electron chi connectivity index (χ0n) is 7.73. The molecule has 0 saturated carbocycles. The third-order valence-electron chi connectivity index (χ3n) is 1.77. The lowest BCUT2D eigenvalue weighted by atomic mass is 10.3. The summed E-state index contributed by atoms with van der Waals surface area (Å²) in [5.74, 6) is 0. The molecule has 0 amide bonds. The summed E-state index contributed by atoms with van der Waals surface area (Å²) in [7, 11) is -2.94. The van der Waals surface area contributed by atoms with Crippen molar-refractivity contribution in [1.29, 1.82) is 0 Å². The van der Waals surface area contributed by atoms with E-state index in [1.807, 2.05) is 0 Å². The van der Waals surface area contributed by atoms with E-state index < -0.39 is 18.9 Å². The quantitative estimate of drug-likeness (QED) is 0.567. The highest BCUT2D eigenvalue weighted by atomic mass is 32.2. The van der Waals surface area contributed by atoms with Crippen molar-refractivity contribution in [3.05, 3.63) is 24.3 Å². The summed E-state index contributed by atoms with van der Waals surface area (Å²) in [5.41, 5.74) is 0.334. The van der Waals surface area contributed by atoms with Gasteiger partial charge in [0.15, 0.2) is 0 Å². The predicted molar refractivity (Wildman–Crippen MR) is 55.4 cm³/mol. The highest BCUT2D eigenvalue weighted by Crippen LogP contribution is 2.33. The topological polar surface area (TPSA) is 101 Å². The van der Waals surface area contributed by atoms with Crippen LogP contribution in [0.2, 0.25) is 0 Å². The van der Waals surface area contributed by atoms with Gasteiger partial charge in [0.05, 0.1) is 5.30 Å². The Bertz CT molecular complexity index is 414. The molecule has 6 nitrogen and oxygen atoms in total. The van der Waals surface area contributed by atoms with E-state index >= 15 is 0 Å². The van der Waals surface area contributed by atoms with Gasteiger partial charge < -0.3 is 18.6 Å². The maximum absolute atomic E-state index is 10.8. The lowest BCUT2D eigenvalue weighted by Crippen LogP contribution is -2.19. The second-order valence-electron chi connectivity index (χ2n) is 2.78. The smallest absolute Gasteiger partial charge is 0.356 e. The Labute approximate surface area is 89.1 Å². The van der Waals surface area contributed by atoms with Crippen LogP contribution in [0.25, 0.3) is 0 Å². The van der Waals surface area contributed by atoms with E-state index in [4.69, 9.17) is 9.79 Å². The van der Waals surface area contributed by atoms with Crippen LogP contribution in [-0.2, 0) is 15.8 Å². The van der Waals surface area contributed by atoms with Crippen LogP contribution >= 0.6 is 7.60 Å². The molecule has 0 aliphatic heterocycles. The Hall–Kier alpha value is -0.720. The van der Waals surface area contributed by atoms with Gasteiger partial charge in [0.1, 0.15) is 0 Å². The second-order valence-corrected chi connectivity index (χ2v) is 5.36. The molecule has 0 fully saturated rings. The highest BCUT2D eigenvalue weighted by molar-refractivity contribution is 7.80. The van der Waals surface area contributed by atoms with Gasteiger partial charge in [-0.2, -0.15) is 0 Å². The molecule has 1 unspecified atom stereocenters. The SMILES string of the molecule is CN(c1ccc(P(=O)(O)O)cc1)S(=O)[O-]. The number of anilines is 1. The van der Waals surface area contributed by atoms with E-state index in [-0.39, 0.29) is 5.30 Å². The first-order chi connectivity index (χ1) is 6.82. The molecule has 0 aromatic heterocycles. The van der Waals surface area contributed by atoms with Crippen molar-refractivity contribution in [1.82, 2.24) is 0 Å². The van der Waals surface area contributed by atoms with Crippen LogP contribution < -0.4 is 9.61 Å². The van der Waals surface area contributed by atoms with E-state index in [2.05, 4.69) is 0 Å². The van der Waals surface area contributed by atoms with Crippen molar-refractivity contribution in [2.45, 2.75) is 0 Å². The summed E-state index contributed by atoms with van der Waals surface area (Å²) in [6, 6.07) is 5.04. The summed E-state index contributed by atoms with van der Waals surface area (Å²) < 4.78 is 32.9. The van der Waals surface area contributed by atoms with Crippen molar-refractivity contribution < 1.29 is 23.1 Å². The largest absolute Gasteiger partial charge is 0.755 e. The molecule has 0 aliphatic carbocycles. The molecule has 0 radical (unpaired) electrons. The van der Waals surface area contributed by atoms with Crippen molar-refractivity contribution in [2.24, 2.45) is 0 Å². The minimum atomic E-state index is -4.26. The van der Waals surface area contributed by atoms with Crippen LogP contribution in [0.3, 0.4) is 0 Å². The fraction of sp³-hybridized carbons (Fsp3) is 0.143. The number of benzene rings is 1. The van der Waals surface area contributed by atoms with Crippen LogP contribution in [0.15, 0.2) is 24.3 Å². The molecule has 84 valence electrons. The van der Waals surface area contributed by atoms with Gasteiger partial charge in [-0.1, -0.05) is 0 Å². The minimum absolute atomic E-state index is 0.142. The summed E-state index contributed by atoms with van der Waals surface area (Å²) in [5, 5.41) is -0.142. The van der Waals surface area contributed by atoms with Gasteiger partial charge in [-0.05, 0) is 24.3 Å². The Kier molecular flexibility index (Phi) is 3.64. The van der Waals surface area contributed by atoms with E-state index in [9.17, 15) is 13.3 Å². The van der Waals surface area contributed by atoms with Crippen LogP contribution in [0.5, 0.6) is 0 Å². The molecule has 15 heavy (non-hydrogen) atoms. The number of hydrogen-bond donors (Lipinski definition) is 2. The predicted octanol–water partition coefficient (Wildman–Crippen LogP) is -0.280. The van der Waals surface area contributed by atoms with Crippen LogP contribution in [0.4, 0.5) is 5.69 Å². The molecule has 2 N–H and O–H groups in total. The fourth-order valence-electron chi connectivity index (χ4n) is 0.943. The van der Waals surface area contributed by atoms with Gasteiger partial charge in [-0.25, -0.2) is 0 Å². The average molecular weight is 250 g/mol. The van der Waals surface area contributed by atoms with E-state index in [0.717, 1.165) is 4.31 Å². The third kappa shape index (κ3) is 3.12. The molecule has 0 spiro atoms. The number of rotatable bonds is 3. The molecular formula is C7H9NO5PS-. The second kappa shape index (κ2) is 4.42. The Morgan fingerprint density at radius 2 is 1.80 bits per heavy atom. The standard InChI is InChI=1S/C7H10NO5PS/c1-8(15(12)13)6-2-4-7(5-3-6)14(9,10)11/h2-5H,1H3,(H,12,13)(H2,9,10,11)/p-1. The van der Waals surface area contributed by atoms with Crippen molar-refractivity contribution in [3.8, 4) is 0 Å². The lowest BCUT2D eigenvalue weighted by Gasteiger charge is -2.21. The molecule has 0 heterocycles. The number of hydrogen-bond acceptors (Lipinski definition) is 3. The summed E-state index contributed by atoms with van der Waals surface area (Å²) in [6.07, 6.45) is 0. The van der Waals surface area contributed by atoms with Crippen LogP contribution in [0.1, 0.15) is 0 Å². The number of nitrogens with zero attached hydrogens (tertiary/aromatic N) is 1. The molecule has 1 atom stereocenters. The Morgan fingerprint density at radius 1 is 1.33 bits per heavy atom. The highest BCUT2D eigenvalue weighted by Gasteiger charge is 2.16. The zero-order valence-corrected chi connectivity index (χ0v) is 9.44. The first-order valence-electron chi connectivity index (χ1n) is 3.81. The van der Waals surface area contributed by atoms with Crippen molar-refractivity contribution >= 4 is 29.9 Å². The molecule has 0 bridgehead atoms. The fourth-order valence-corrected chi connectivity index (χ4v) is 1.77. The normalized spacial score (nSPS) is 13.6. The zero-order chi connectivity index (χ0) is 11.6. The minimum Gasteiger partial charge on any atom is -0.755 e. The molecule has 1 aromatic rings. The van der Waals surface area contributed by atoms with Crippen molar-refractivity contribution in [2.75, 3.05) is 11.4 Å². The van der Waals surface area contributed by atoms with Gasteiger partial charge in [0, 0.05) is 24.0 Å². The molecule has 0 saturated heterocycles. The summed E-state index contributed by atoms with van der Waals surface area (Å²) >= 11 is -2.40. The molecule has 1 aromatic carbocycles. The summed E-state index contributed by atoms with van der Waals surface area (Å²) in [6.45, 7) is 0. The Morgan fingerprint density at radius 3 is 2.13 bits per heavy atom. The summed E-state index contributed by atoms with van der Waals surface area (Å²) in [4.78, 5) is 17.6. The van der Waals surface area contributed by atoms with Crippen LogP contribution in [0, 0.1) is 0 Å². The van der Waals surface area contributed by atoms with Crippen LogP contribution in [-0.4, -0.2) is 25.6 Å². The first kappa shape index (κ1) is 12.4. The molecule has 1 rings (SSSR count). The maximum Gasteiger partial charge on any atom is 0.356 e. The van der Waals surface area contributed by atoms with Gasteiger partial charge in [0.2, 0.25) is 0 Å². The van der Waals surface area contributed by atoms with Crippen molar-refractivity contribution in [3.63, 3.8) is 0 Å². The monoisotopic (exact) mass is 250 g/mol. The van der Waals surface area contributed by atoms with Gasteiger partial charge in [-0.15, -0.1) is 0 Å². The first-order valence-corrected chi connectivity index (χ1v) is 6.46. The van der Waals surface area contributed by atoms with Gasteiger partial charge in [-0.3, -0.25) is 8.77 Å². The third-order valence-corrected chi connectivity index (χ3v) is 3.40. The lowest BCUT2D eigenvalue weighted by molar-refractivity contribution is 0.387. The molecule has 0 aliphatic rings. The van der Waals surface area contributed by atoms with E-state index in [1.165, 1.54) is 31.3 Å². The van der Waals surface area contributed by atoms with Gasteiger partial charge in [0.25, 0.3) is 0 Å². The van der Waals surface area contributed by atoms with E-state index in [0.29, 0.717) is 5.69 Å². The molecule has 8 heteroatoms.